The molecule has 0 spiro atoms. The number of hydrogen-bond acceptors (Lipinski definition) is 4. The zero-order valence-electron chi connectivity index (χ0n) is 15.8. The summed E-state index contributed by atoms with van der Waals surface area (Å²) in [5.74, 6) is -1.59. The van der Waals surface area contributed by atoms with E-state index in [2.05, 4.69) is 16.7 Å². The van der Waals surface area contributed by atoms with Gasteiger partial charge in [0.05, 0.1) is 6.07 Å². The van der Waals surface area contributed by atoms with Crippen LogP contribution in [-0.4, -0.2) is 34.8 Å². The summed E-state index contributed by atoms with van der Waals surface area (Å²) >= 11 is 0. The number of rotatable bonds is 4. The molecule has 1 saturated carbocycles. The van der Waals surface area contributed by atoms with E-state index in [4.69, 9.17) is 0 Å². The van der Waals surface area contributed by atoms with Crippen molar-refractivity contribution in [3.8, 4) is 6.07 Å². The average Bonchev–Trinajstić information content (AvgIpc) is 2.84. The van der Waals surface area contributed by atoms with Gasteiger partial charge in [-0.2, -0.15) is 5.26 Å². The van der Waals surface area contributed by atoms with Crippen LogP contribution in [-0.2, 0) is 15.1 Å². The van der Waals surface area contributed by atoms with E-state index in [1.165, 1.54) is 31.2 Å². The molecular weight excluding hydrogens is 363 g/mol. The molecule has 1 heterocycles. The Kier molecular flexibility index (Phi) is 5.36. The summed E-state index contributed by atoms with van der Waals surface area (Å²) in [7, 11) is 0. The Morgan fingerprint density at radius 1 is 1.21 bits per heavy atom. The van der Waals surface area contributed by atoms with Crippen molar-refractivity contribution in [1.82, 2.24) is 15.5 Å². The molecule has 3 rings (SSSR count). The fraction of sp³-hybridized carbons (Fsp3) is 0.500. The zero-order valence-corrected chi connectivity index (χ0v) is 15.8. The molecule has 148 valence electrons. The van der Waals surface area contributed by atoms with Crippen LogP contribution in [0.3, 0.4) is 0 Å². The van der Waals surface area contributed by atoms with Gasteiger partial charge in [-0.1, -0.05) is 37.8 Å². The second kappa shape index (κ2) is 7.58. The molecule has 7 nitrogen and oxygen atoms in total. The Bertz CT molecular complexity index is 825. The first-order chi connectivity index (χ1) is 13.3. The number of nitrogens with one attached hydrogen (secondary N) is 2. The summed E-state index contributed by atoms with van der Waals surface area (Å²) in [4.78, 5) is 38.6. The van der Waals surface area contributed by atoms with Crippen LogP contribution in [0, 0.1) is 17.1 Å². The van der Waals surface area contributed by atoms with E-state index in [1.54, 1.807) is 0 Å². The molecule has 8 heteroatoms. The van der Waals surface area contributed by atoms with Gasteiger partial charge in [0.1, 0.15) is 23.4 Å². The lowest BCUT2D eigenvalue weighted by molar-refractivity contribution is -0.135. The fourth-order valence-electron chi connectivity index (χ4n) is 3.87. The molecule has 0 radical (unpaired) electrons. The summed E-state index contributed by atoms with van der Waals surface area (Å²) in [6, 6.07) is 6.78. The Morgan fingerprint density at radius 2 is 1.82 bits per heavy atom. The van der Waals surface area contributed by atoms with Gasteiger partial charge in [-0.3, -0.25) is 14.5 Å². The van der Waals surface area contributed by atoms with Gasteiger partial charge in [0, 0.05) is 0 Å². The number of nitriles is 1. The van der Waals surface area contributed by atoms with Gasteiger partial charge >= 0.3 is 6.03 Å². The van der Waals surface area contributed by atoms with E-state index in [-0.39, 0.29) is 0 Å². The molecule has 2 aliphatic rings. The summed E-state index contributed by atoms with van der Waals surface area (Å²) < 4.78 is 13.2. The summed E-state index contributed by atoms with van der Waals surface area (Å²) in [5, 5.41) is 14.9. The number of urea groups is 1. The van der Waals surface area contributed by atoms with Gasteiger partial charge in [-0.25, -0.2) is 9.18 Å². The summed E-state index contributed by atoms with van der Waals surface area (Å²) in [5.41, 5.74) is -1.90. The highest BCUT2D eigenvalue weighted by molar-refractivity contribution is 6.09. The Labute approximate surface area is 162 Å². The predicted molar refractivity (Wildman–Crippen MR) is 98.2 cm³/mol. The SMILES string of the molecule is CC1(c2ccc(F)cc2)NC(=O)N(CC(=O)NC2(C#N)CCCCCC2)C1=O. The van der Waals surface area contributed by atoms with E-state index in [1.807, 2.05) is 0 Å². The van der Waals surface area contributed by atoms with Crippen molar-refractivity contribution in [3.05, 3.63) is 35.6 Å². The van der Waals surface area contributed by atoms with E-state index in [0.717, 1.165) is 30.6 Å². The third kappa shape index (κ3) is 3.70. The van der Waals surface area contributed by atoms with Gasteiger partial charge in [0.15, 0.2) is 0 Å². The summed E-state index contributed by atoms with van der Waals surface area (Å²) in [6.07, 6.45) is 4.84. The van der Waals surface area contributed by atoms with E-state index in [9.17, 15) is 24.0 Å². The molecular formula is C20H23FN4O3. The van der Waals surface area contributed by atoms with Gasteiger partial charge in [-0.05, 0) is 37.5 Å². The van der Waals surface area contributed by atoms with Crippen molar-refractivity contribution in [2.24, 2.45) is 0 Å². The second-order valence-corrected chi connectivity index (χ2v) is 7.61. The van der Waals surface area contributed by atoms with Crippen LogP contribution in [0.2, 0.25) is 0 Å². The minimum absolute atomic E-state index is 0.424. The number of benzene rings is 1. The van der Waals surface area contributed by atoms with E-state index >= 15 is 0 Å². The van der Waals surface area contributed by atoms with Crippen molar-refractivity contribution >= 4 is 17.8 Å². The van der Waals surface area contributed by atoms with Crippen LogP contribution in [0.25, 0.3) is 0 Å². The minimum Gasteiger partial charge on any atom is -0.336 e. The van der Waals surface area contributed by atoms with Gasteiger partial charge in [-0.15, -0.1) is 0 Å². The average molecular weight is 386 g/mol. The first kappa shape index (κ1) is 19.8. The molecule has 4 amide bonds. The highest BCUT2D eigenvalue weighted by Gasteiger charge is 2.49. The molecule has 1 aromatic rings. The molecule has 0 bridgehead atoms. The molecule has 1 atom stereocenters. The highest BCUT2D eigenvalue weighted by Crippen LogP contribution is 2.29. The zero-order chi connectivity index (χ0) is 20.4. The number of halogens is 1. The van der Waals surface area contributed by atoms with Gasteiger partial charge in [0.2, 0.25) is 5.91 Å². The normalized spacial score (nSPS) is 24.2. The molecule has 1 saturated heterocycles. The van der Waals surface area contributed by atoms with Crippen molar-refractivity contribution in [3.63, 3.8) is 0 Å². The maximum absolute atomic E-state index is 13.2. The molecule has 1 aromatic carbocycles. The number of imide groups is 1. The van der Waals surface area contributed by atoms with Crippen molar-refractivity contribution < 1.29 is 18.8 Å². The number of carbonyl (C=O) groups is 3. The van der Waals surface area contributed by atoms with Crippen LogP contribution in [0.5, 0.6) is 0 Å². The Balaban J connectivity index is 1.72. The first-order valence-electron chi connectivity index (χ1n) is 9.42. The van der Waals surface area contributed by atoms with Crippen LogP contribution in [0.4, 0.5) is 9.18 Å². The van der Waals surface area contributed by atoms with Crippen LogP contribution in [0.1, 0.15) is 51.0 Å². The standard InChI is InChI=1S/C20H23FN4O3/c1-19(14-6-8-15(21)9-7-14)17(27)25(18(28)24-19)12-16(26)23-20(13-22)10-4-2-3-5-11-20/h6-9H,2-5,10-12H2,1H3,(H,23,26)(H,24,28). The van der Waals surface area contributed by atoms with Crippen molar-refractivity contribution in [1.29, 1.82) is 5.26 Å². The van der Waals surface area contributed by atoms with Gasteiger partial charge < -0.3 is 10.6 Å². The molecule has 28 heavy (non-hydrogen) atoms. The monoisotopic (exact) mass is 386 g/mol. The molecule has 2 fully saturated rings. The van der Waals surface area contributed by atoms with Crippen LogP contribution in [0.15, 0.2) is 24.3 Å². The number of carbonyl (C=O) groups excluding carboxylic acids is 3. The summed E-state index contributed by atoms with van der Waals surface area (Å²) in [6.45, 7) is 1.05. The first-order valence-corrected chi connectivity index (χ1v) is 9.42. The van der Waals surface area contributed by atoms with E-state index < -0.39 is 41.3 Å². The predicted octanol–water partition coefficient (Wildman–Crippen LogP) is 2.33. The number of hydrogen-bond donors (Lipinski definition) is 2. The molecule has 1 aliphatic carbocycles. The third-order valence-corrected chi connectivity index (χ3v) is 5.55. The van der Waals surface area contributed by atoms with Gasteiger partial charge in [0.25, 0.3) is 5.91 Å². The minimum atomic E-state index is -1.37. The quantitative estimate of drug-likeness (QED) is 0.612. The molecule has 2 N–H and O–H groups in total. The fourth-order valence-corrected chi connectivity index (χ4v) is 3.87. The van der Waals surface area contributed by atoms with E-state index in [0.29, 0.717) is 18.4 Å². The van der Waals surface area contributed by atoms with Crippen molar-refractivity contribution in [2.75, 3.05) is 6.54 Å². The number of amides is 4. The second-order valence-electron chi connectivity index (χ2n) is 7.61. The number of nitrogens with zero attached hydrogens (tertiary/aromatic N) is 2. The lowest BCUT2D eigenvalue weighted by Gasteiger charge is -2.27. The Morgan fingerprint density at radius 3 is 2.39 bits per heavy atom. The lowest BCUT2D eigenvalue weighted by Crippen LogP contribution is -2.51. The maximum Gasteiger partial charge on any atom is 0.325 e. The highest BCUT2D eigenvalue weighted by atomic mass is 19.1. The maximum atomic E-state index is 13.2. The molecule has 1 unspecified atom stereocenters. The smallest absolute Gasteiger partial charge is 0.325 e. The third-order valence-electron chi connectivity index (χ3n) is 5.55. The molecule has 0 aromatic heterocycles. The lowest BCUT2D eigenvalue weighted by atomic mass is 9.91. The topological polar surface area (TPSA) is 102 Å². The van der Waals surface area contributed by atoms with Crippen molar-refractivity contribution in [2.45, 2.75) is 56.5 Å². The largest absolute Gasteiger partial charge is 0.336 e. The van der Waals surface area contributed by atoms with Crippen LogP contribution < -0.4 is 10.6 Å². The van der Waals surface area contributed by atoms with Crippen LogP contribution >= 0.6 is 0 Å². The Hall–Kier alpha value is -2.95. The molecule has 1 aliphatic heterocycles.